The van der Waals surface area contributed by atoms with Crippen LogP contribution in [-0.2, 0) is 4.74 Å². The van der Waals surface area contributed by atoms with Gasteiger partial charge in [0.2, 0.25) is 0 Å². The van der Waals surface area contributed by atoms with Crippen LogP contribution in [0.1, 0.15) is 15.2 Å². The summed E-state index contributed by atoms with van der Waals surface area (Å²) in [5.74, 6) is -0.0664. The number of carbonyl (C=O) groups is 1. The fraction of sp³-hybridized carbons (Fsp3) is 0.143. The predicted molar refractivity (Wildman–Crippen MR) is 77.9 cm³/mol. The van der Waals surface area contributed by atoms with Crippen molar-refractivity contribution in [3.05, 3.63) is 57.0 Å². The van der Waals surface area contributed by atoms with E-state index in [1.165, 1.54) is 12.1 Å². The van der Waals surface area contributed by atoms with Crippen molar-refractivity contribution < 1.29 is 19.2 Å². The Labute approximate surface area is 129 Å². The van der Waals surface area contributed by atoms with Gasteiger partial charge >= 0.3 is 11.0 Å². The summed E-state index contributed by atoms with van der Waals surface area (Å²) in [7, 11) is 0. The number of nitrogens with zero attached hydrogens (tertiary/aromatic N) is 2. The second-order valence-corrected chi connectivity index (χ2v) is 5.08. The highest BCUT2D eigenvalue weighted by molar-refractivity contribution is 7.17. The highest BCUT2D eigenvalue weighted by Crippen LogP contribution is 2.24. The Hall–Kier alpha value is -2.92. The molecule has 2 aromatic rings. The average Bonchev–Trinajstić information content (AvgIpc) is 3.02. The van der Waals surface area contributed by atoms with Crippen LogP contribution in [0.3, 0.4) is 0 Å². The van der Waals surface area contributed by atoms with E-state index >= 15 is 0 Å². The van der Waals surface area contributed by atoms with Crippen molar-refractivity contribution in [3.8, 4) is 11.8 Å². The molecule has 0 aliphatic heterocycles. The molecule has 2 rings (SSSR count). The van der Waals surface area contributed by atoms with Crippen LogP contribution in [0.4, 0.5) is 5.00 Å². The van der Waals surface area contributed by atoms with Gasteiger partial charge in [-0.1, -0.05) is 11.3 Å². The number of hydrogen-bond donors (Lipinski definition) is 0. The maximum atomic E-state index is 11.6. The Balaban J connectivity index is 1.76. The zero-order valence-electron chi connectivity index (χ0n) is 11.2. The van der Waals surface area contributed by atoms with Gasteiger partial charge in [-0.15, -0.1) is 0 Å². The molecule has 0 N–H and O–H groups in total. The number of thiophene rings is 1. The molecular formula is C14H10N2O5S. The molecule has 0 atom stereocenters. The lowest BCUT2D eigenvalue weighted by Gasteiger charge is -2.06. The van der Waals surface area contributed by atoms with Gasteiger partial charge in [-0.2, -0.15) is 5.26 Å². The quantitative estimate of drug-likeness (QED) is 0.351. The van der Waals surface area contributed by atoms with E-state index < -0.39 is 10.9 Å². The SMILES string of the molecule is N#Cc1ccc(OCCOC(=O)c2ccc([N+](=O)[O-])s2)cc1. The monoisotopic (exact) mass is 318 g/mol. The van der Waals surface area contributed by atoms with Crippen LogP contribution in [0, 0.1) is 21.4 Å². The Morgan fingerprint density at radius 3 is 2.55 bits per heavy atom. The van der Waals surface area contributed by atoms with E-state index in [1.807, 2.05) is 6.07 Å². The Morgan fingerprint density at radius 1 is 1.23 bits per heavy atom. The summed E-state index contributed by atoms with van der Waals surface area (Å²) in [5, 5.41) is 19.1. The topological polar surface area (TPSA) is 102 Å². The van der Waals surface area contributed by atoms with Crippen LogP contribution >= 0.6 is 11.3 Å². The molecular weight excluding hydrogens is 308 g/mol. The summed E-state index contributed by atoms with van der Waals surface area (Å²) >= 11 is 0.763. The molecule has 8 heteroatoms. The molecule has 0 saturated heterocycles. The van der Waals surface area contributed by atoms with Crippen LogP contribution in [0.2, 0.25) is 0 Å². The fourth-order valence-electron chi connectivity index (χ4n) is 1.53. The van der Waals surface area contributed by atoms with E-state index in [0.717, 1.165) is 11.3 Å². The Kier molecular flexibility index (Phi) is 5.06. The van der Waals surface area contributed by atoms with Gasteiger partial charge in [0.25, 0.3) is 0 Å². The molecule has 0 unspecified atom stereocenters. The molecule has 1 aromatic heterocycles. The minimum atomic E-state index is -0.624. The van der Waals surface area contributed by atoms with Crippen LogP contribution in [-0.4, -0.2) is 24.1 Å². The molecule has 7 nitrogen and oxygen atoms in total. The summed E-state index contributed by atoms with van der Waals surface area (Å²) in [4.78, 5) is 21.8. The van der Waals surface area contributed by atoms with Gasteiger partial charge in [0.15, 0.2) is 0 Å². The van der Waals surface area contributed by atoms with Gasteiger partial charge < -0.3 is 9.47 Å². The molecule has 0 bridgehead atoms. The second kappa shape index (κ2) is 7.19. The minimum Gasteiger partial charge on any atom is -0.490 e. The normalized spacial score (nSPS) is 9.77. The van der Waals surface area contributed by atoms with Gasteiger partial charge in [0.05, 0.1) is 16.6 Å². The van der Waals surface area contributed by atoms with Crippen LogP contribution in [0.15, 0.2) is 36.4 Å². The lowest BCUT2D eigenvalue weighted by atomic mass is 10.2. The van der Waals surface area contributed by atoms with E-state index in [1.54, 1.807) is 24.3 Å². The third kappa shape index (κ3) is 4.04. The first kappa shape index (κ1) is 15.5. The zero-order valence-corrected chi connectivity index (χ0v) is 12.0. The molecule has 0 aliphatic rings. The van der Waals surface area contributed by atoms with E-state index in [2.05, 4.69) is 0 Å². The number of rotatable bonds is 6. The van der Waals surface area contributed by atoms with Crippen molar-refractivity contribution in [2.45, 2.75) is 0 Å². The molecule has 0 radical (unpaired) electrons. The van der Waals surface area contributed by atoms with Gasteiger partial charge in [0, 0.05) is 6.07 Å². The minimum absolute atomic E-state index is 0.0184. The van der Waals surface area contributed by atoms with Crippen molar-refractivity contribution in [2.24, 2.45) is 0 Å². The molecule has 0 amide bonds. The molecule has 112 valence electrons. The molecule has 1 aromatic carbocycles. The van der Waals surface area contributed by atoms with Crippen molar-refractivity contribution in [3.63, 3.8) is 0 Å². The largest absolute Gasteiger partial charge is 0.490 e. The zero-order chi connectivity index (χ0) is 15.9. The van der Waals surface area contributed by atoms with Gasteiger partial charge in [0.1, 0.15) is 23.8 Å². The maximum Gasteiger partial charge on any atom is 0.348 e. The maximum absolute atomic E-state index is 11.6. The number of esters is 1. The highest BCUT2D eigenvalue weighted by Gasteiger charge is 2.16. The van der Waals surface area contributed by atoms with Gasteiger partial charge in [-0.05, 0) is 30.3 Å². The number of nitriles is 1. The lowest BCUT2D eigenvalue weighted by Crippen LogP contribution is -2.11. The first-order valence-electron chi connectivity index (χ1n) is 6.14. The number of hydrogen-bond acceptors (Lipinski definition) is 7. The number of ether oxygens (including phenoxy) is 2. The molecule has 0 aliphatic carbocycles. The molecule has 0 saturated carbocycles. The van der Waals surface area contributed by atoms with E-state index in [0.29, 0.717) is 11.3 Å². The first-order valence-corrected chi connectivity index (χ1v) is 6.96. The summed E-state index contributed by atoms with van der Waals surface area (Å²) in [5.41, 5.74) is 0.526. The fourth-order valence-corrected chi connectivity index (χ4v) is 2.24. The summed E-state index contributed by atoms with van der Waals surface area (Å²) in [6.45, 7) is 0.162. The Bertz CT molecular complexity index is 718. The van der Waals surface area contributed by atoms with Gasteiger partial charge in [-0.3, -0.25) is 10.1 Å². The summed E-state index contributed by atoms with van der Waals surface area (Å²) in [6.07, 6.45) is 0. The van der Waals surface area contributed by atoms with Gasteiger partial charge in [-0.25, -0.2) is 4.79 Å². The van der Waals surface area contributed by atoms with E-state index in [4.69, 9.17) is 14.7 Å². The average molecular weight is 318 g/mol. The Morgan fingerprint density at radius 2 is 1.95 bits per heavy atom. The summed E-state index contributed by atoms with van der Waals surface area (Å²) in [6, 6.07) is 11.1. The first-order chi connectivity index (χ1) is 10.6. The molecule has 22 heavy (non-hydrogen) atoms. The standard InChI is InChI=1S/C14H10N2O5S/c15-9-10-1-3-11(4-2-10)20-7-8-21-14(17)12-5-6-13(22-12)16(18)19/h1-6H,7-8H2. The smallest absolute Gasteiger partial charge is 0.348 e. The number of carbonyl (C=O) groups excluding carboxylic acids is 1. The van der Waals surface area contributed by atoms with Crippen LogP contribution in [0.5, 0.6) is 5.75 Å². The molecule has 0 spiro atoms. The number of nitro groups is 1. The third-order valence-electron chi connectivity index (χ3n) is 2.54. The van der Waals surface area contributed by atoms with Crippen molar-refractivity contribution in [1.82, 2.24) is 0 Å². The third-order valence-corrected chi connectivity index (χ3v) is 3.56. The van der Waals surface area contributed by atoms with Crippen LogP contribution in [0.25, 0.3) is 0 Å². The predicted octanol–water partition coefficient (Wildman–Crippen LogP) is 2.76. The molecule has 0 fully saturated rings. The second-order valence-electron chi connectivity index (χ2n) is 4.02. The molecule has 1 heterocycles. The van der Waals surface area contributed by atoms with Crippen molar-refractivity contribution in [1.29, 1.82) is 5.26 Å². The van der Waals surface area contributed by atoms with Crippen molar-refractivity contribution in [2.75, 3.05) is 13.2 Å². The van der Waals surface area contributed by atoms with E-state index in [-0.39, 0.29) is 23.1 Å². The lowest BCUT2D eigenvalue weighted by molar-refractivity contribution is -0.380. The van der Waals surface area contributed by atoms with Crippen molar-refractivity contribution >= 4 is 22.3 Å². The highest BCUT2D eigenvalue weighted by atomic mass is 32.1. The summed E-state index contributed by atoms with van der Waals surface area (Å²) < 4.78 is 10.3. The van der Waals surface area contributed by atoms with Crippen LogP contribution < -0.4 is 4.74 Å². The number of benzene rings is 1. The van der Waals surface area contributed by atoms with E-state index in [9.17, 15) is 14.9 Å².